The fourth-order valence-electron chi connectivity index (χ4n) is 2.13. The Bertz CT molecular complexity index is 309. The van der Waals surface area contributed by atoms with E-state index in [-0.39, 0.29) is 30.3 Å². The molecule has 1 fully saturated rings. The van der Waals surface area contributed by atoms with E-state index in [0.717, 1.165) is 12.8 Å². The van der Waals surface area contributed by atoms with Crippen molar-refractivity contribution in [3.8, 4) is 0 Å². The lowest BCUT2D eigenvalue weighted by Crippen LogP contribution is -2.36. The number of carboxylic acids is 1. The van der Waals surface area contributed by atoms with E-state index in [1.54, 1.807) is 13.0 Å². The van der Waals surface area contributed by atoms with Crippen molar-refractivity contribution in [2.75, 3.05) is 0 Å². The molecule has 1 aliphatic rings. The summed E-state index contributed by atoms with van der Waals surface area (Å²) in [4.78, 5) is 22.1. The minimum absolute atomic E-state index is 0.0233. The molecule has 0 aliphatic carbocycles. The van der Waals surface area contributed by atoms with Gasteiger partial charge < -0.3 is 9.84 Å². The smallest absolute Gasteiger partial charge is 0.305 e. The number of ether oxygens (including phenoxy) is 1. The van der Waals surface area contributed by atoms with Gasteiger partial charge in [-0.2, -0.15) is 0 Å². The largest absolute Gasteiger partial charge is 0.481 e. The molecule has 4 heteroatoms. The summed E-state index contributed by atoms with van der Waals surface area (Å²) >= 11 is 0. The van der Waals surface area contributed by atoms with Crippen molar-refractivity contribution < 1.29 is 19.4 Å². The predicted octanol–water partition coefficient (Wildman–Crippen LogP) is 2.18. The Balaban J connectivity index is 2.48. The average molecular weight is 240 g/mol. The lowest BCUT2D eigenvalue weighted by Gasteiger charge is -2.33. The van der Waals surface area contributed by atoms with Gasteiger partial charge in [-0.05, 0) is 31.8 Å². The number of allylic oxidation sites excluding steroid dienone is 2. The molecule has 1 N–H and O–H groups in total. The van der Waals surface area contributed by atoms with E-state index in [4.69, 9.17) is 9.84 Å². The molecule has 1 saturated heterocycles. The van der Waals surface area contributed by atoms with Crippen molar-refractivity contribution in [1.29, 1.82) is 0 Å². The van der Waals surface area contributed by atoms with E-state index in [2.05, 4.69) is 0 Å². The Hall–Kier alpha value is -1.16. The van der Waals surface area contributed by atoms with Gasteiger partial charge in [0.15, 0.2) is 5.78 Å². The van der Waals surface area contributed by atoms with Crippen molar-refractivity contribution in [2.24, 2.45) is 5.92 Å². The summed E-state index contributed by atoms with van der Waals surface area (Å²) in [6.45, 7) is 3.80. The number of aliphatic carboxylic acids is 1. The summed E-state index contributed by atoms with van der Waals surface area (Å²) in [5.74, 6) is -0.553. The zero-order valence-corrected chi connectivity index (χ0v) is 10.4. The van der Waals surface area contributed by atoms with Gasteiger partial charge in [-0.1, -0.05) is 13.0 Å². The lowest BCUT2D eigenvalue weighted by molar-refractivity contribution is -0.147. The molecule has 1 rings (SSSR count). The third-order valence-corrected chi connectivity index (χ3v) is 3.10. The van der Waals surface area contributed by atoms with Crippen LogP contribution in [0.2, 0.25) is 0 Å². The molecule has 1 aliphatic heterocycles. The maximum atomic E-state index is 11.4. The maximum Gasteiger partial charge on any atom is 0.305 e. The maximum absolute atomic E-state index is 11.4. The quantitative estimate of drug-likeness (QED) is 0.748. The molecule has 17 heavy (non-hydrogen) atoms. The first-order valence-electron chi connectivity index (χ1n) is 6.05. The lowest BCUT2D eigenvalue weighted by atomic mass is 9.90. The van der Waals surface area contributed by atoms with Gasteiger partial charge in [-0.15, -0.1) is 0 Å². The number of carbonyl (C=O) groups is 2. The molecule has 3 atom stereocenters. The standard InChI is InChI=1S/C13H20O4/c1-3-4-10(14)7-11-6-5-9(2)12(17-11)8-13(15)16/h3-4,9,11-12H,5-8H2,1-2H3,(H,15,16)/b4-3+/t9-,11+,12+/m1/s1. The normalized spacial score (nSPS) is 29.4. The number of carbonyl (C=O) groups excluding carboxylic acids is 1. The first kappa shape index (κ1) is 13.9. The van der Waals surface area contributed by atoms with Crippen molar-refractivity contribution >= 4 is 11.8 Å². The highest BCUT2D eigenvalue weighted by atomic mass is 16.5. The molecule has 0 unspecified atom stereocenters. The Labute approximate surface area is 102 Å². The minimum atomic E-state index is -0.845. The molecule has 0 radical (unpaired) electrons. The molecule has 0 aromatic carbocycles. The summed E-state index contributed by atoms with van der Waals surface area (Å²) in [5.41, 5.74) is 0. The van der Waals surface area contributed by atoms with Crippen LogP contribution in [0.25, 0.3) is 0 Å². The van der Waals surface area contributed by atoms with Crippen LogP contribution in [0, 0.1) is 5.92 Å². The van der Waals surface area contributed by atoms with Gasteiger partial charge in [-0.25, -0.2) is 0 Å². The Morgan fingerprint density at radius 1 is 1.35 bits per heavy atom. The predicted molar refractivity (Wildman–Crippen MR) is 63.7 cm³/mol. The van der Waals surface area contributed by atoms with Gasteiger partial charge >= 0.3 is 5.97 Å². The topological polar surface area (TPSA) is 63.6 Å². The summed E-state index contributed by atoms with van der Waals surface area (Å²) in [5, 5.41) is 8.78. The molecule has 1 heterocycles. The van der Waals surface area contributed by atoms with Gasteiger partial charge in [0, 0.05) is 6.42 Å². The molecule has 0 aromatic heterocycles. The summed E-state index contributed by atoms with van der Waals surface area (Å²) in [6, 6.07) is 0. The van der Waals surface area contributed by atoms with Gasteiger partial charge in [-0.3, -0.25) is 9.59 Å². The second kappa shape index (κ2) is 6.55. The van der Waals surface area contributed by atoms with Crippen molar-refractivity contribution in [3.63, 3.8) is 0 Å². The van der Waals surface area contributed by atoms with Crippen LogP contribution >= 0.6 is 0 Å². The van der Waals surface area contributed by atoms with Crippen molar-refractivity contribution in [2.45, 2.75) is 51.7 Å². The van der Waals surface area contributed by atoms with Crippen LogP contribution in [0.4, 0.5) is 0 Å². The molecule has 4 nitrogen and oxygen atoms in total. The Morgan fingerprint density at radius 3 is 2.65 bits per heavy atom. The Kier molecular flexibility index (Phi) is 5.35. The highest BCUT2D eigenvalue weighted by Gasteiger charge is 2.30. The molecular formula is C13H20O4. The number of rotatable bonds is 5. The third kappa shape index (κ3) is 4.69. The van der Waals surface area contributed by atoms with Gasteiger partial charge in [0.2, 0.25) is 0 Å². The molecule has 0 saturated carbocycles. The fourth-order valence-corrected chi connectivity index (χ4v) is 2.13. The second-order valence-electron chi connectivity index (χ2n) is 4.62. The monoisotopic (exact) mass is 240 g/mol. The number of ketones is 1. The highest BCUT2D eigenvalue weighted by Crippen LogP contribution is 2.28. The molecule has 0 amide bonds. The molecule has 0 aromatic rings. The Morgan fingerprint density at radius 2 is 2.06 bits per heavy atom. The van der Waals surface area contributed by atoms with E-state index < -0.39 is 5.97 Å². The third-order valence-electron chi connectivity index (χ3n) is 3.10. The first-order valence-corrected chi connectivity index (χ1v) is 6.05. The summed E-state index contributed by atoms with van der Waals surface area (Å²) in [7, 11) is 0. The van der Waals surface area contributed by atoms with Crippen LogP contribution in [-0.2, 0) is 14.3 Å². The summed E-state index contributed by atoms with van der Waals surface area (Å²) in [6.07, 6.45) is 4.99. The second-order valence-corrected chi connectivity index (χ2v) is 4.62. The number of hydrogen-bond acceptors (Lipinski definition) is 3. The van der Waals surface area contributed by atoms with E-state index in [9.17, 15) is 9.59 Å². The fraction of sp³-hybridized carbons (Fsp3) is 0.692. The van der Waals surface area contributed by atoms with Crippen LogP contribution in [0.3, 0.4) is 0 Å². The van der Waals surface area contributed by atoms with Crippen molar-refractivity contribution in [3.05, 3.63) is 12.2 Å². The zero-order chi connectivity index (χ0) is 12.8. The van der Waals surface area contributed by atoms with E-state index in [1.165, 1.54) is 6.08 Å². The van der Waals surface area contributed by atoms with Crippen LogP contribution in [-0.4, -0.2) is 29.1 Å². The highest BCUT2D eigenvalue weighted by molar-refractivity contribution is 5.89. The first-order chi connectivity index (χ1) is 8.02. The molecular weight excluding hydrogens is 220 g/mol. The van der Waals surface area contributed by atoms with Crippen LogP contribution in [0.15, 0.2) is 12.2 Å². The number of carboxylic acid groups (broad SMARTS) is 1. The van der Waals surface area contributed by atoms with Crippen molar-refractivity contribution in [1.82, 2.24) is 0 Å². The van der Waals surface area contributed by atoms with Gasteiger partial charge in [0.05, 0.1) is 18.6 Å². The molecule has 0 bridgehead atoms. The minimum Gasteiger partial charge on any atom is -0.481 e. The summed E-state index contributed by atoms with van der Waals surface area (Å²) < 4.78 is 5.69. The van der Waals surface area contributed by atoms with E-state index in [1.807, 2.05) is 6.92 Å². The zero-order valence-electron chi connectivity index (χ0n) is 10.4. The van der Waals surface area contributed by atoms with Gasteiger partial charge in [0.1, 0.15) is 0 Å². The molecule has 96 valence electrons. The van der Waals surface area contributed by atoms with Crippen LogP contribution in [0.1, 0.15) is 39.5 Å². The SMILES string of the molecule is C/C=C/C(=O)C[C@@H]1CC[C@@H](C)[C@H](CC(=O)O)O1. The average Bonchev–Trinajstić information content (AvgIpc) is 2.22. The number of hydrogen-bond donors (Lipinski definition) is 1. The van der Waals surface area contributed by atoms with Crippen LogP contribution < -0.4 is 0 Å². The van der Waals surface area contributed by atoms with Crippen LogP contribution in [0.5, 0.6) is 0 Å². The molecule has 0 spiro atoms. The van der Waals surface area contributed by atoms with E-state index in [0.29, 0.717) is 6.42 Å². The van der Waals surface area contributed by atoms with E-state index >= 15 is 0 Å². The van der Waals surface area contributed by atoms with Gasteiger partial charge in [0.25, 0.3) is 0 Å².